The highest BCUT2D eigenvalue weighted by molar-refractivity contribution is 5.41. The molecule has 1 aromatic carbocycles. The minimum Gasteiger partial charge on any atom is -0.394 e. The van der Waals surface area contributed by atoms with Gasteiger partial charge in [0.05, 0.1) is 12.6 Å². The molecule has 0 saturated carbocycles. The minimum absolute atomic E-state index is 0.0852. The van der Waals surface area contributed by atoms with Crippen LogP contribution in [0.3, 0.4) is 0 Å². The van der Waals surface area contributed by atoms with Crippen LogP contribution in [0.25, 0.3) is 0 Å². The van der Waals surface area contributed by atoms with Crippen molar-refractivity contribution in [3.05, 3.63) is 34.6 Å². The average Bonchev–Trinajstić information content (AvgIpc) is 2.67. The van der Waals surface area contributed by atoms with E-state index in [1.165, 1.54) is 6.07 Å². The van der Waals surface area contributed by atoms with Gasteiger partial charge >= 0.3 is 0 Å². The molecule has 1 aromatic rings. The van der Waals surface area contributed by atoms with Gasteiger partial charge in [-0.25, -0.2) is 4.39 Å². The minimum atomic E-state index is -0.373. The lowest BCUT2D eigenvalue weighted by Crippen LogP contribution is -2.16. The van der Waals surface area contributed by atoms with Crippen molar-refractivity contribution in [2.75, 3.05) is 6.61 Å². The largest absolute Gasteiger partial charge is 0.394 e. The van der Waals surface area contributed by atoms with Crippen LogP contribution in [0.15, 0.2) is 12.1 Å². The van der Waals surface area contributed by atoms with Crippen LogP contribution in [0.1, 0.15) is 29.2 Å². The Labute approximate surface area is 82.5 Å². The van der Waals surface area contributed by atoms with E-state index < -0.39 is 0 Å². The number of rotatable bonds is 2. The zero-order valence-electron chi connectivity index (χ0n) is 7.96. The first-order valence-corrected chi connectivity index (χ1v) is 4.90. The van der Waals surface area contributed by atoms with Crippen LogP contribution in [0.5, 0.6) is 0 Å². The predicted molar refractivity (Wildman–Crippen MR) is 52.4 cm³/mol. The van der Waals surface area contributed by atoms with Gasteiger partial charge in [-0.3, -0.25) is 0 Å². The molecule has 3 heteroatoms. The van der Waals surface area contributed by atoms with Crippen molar-refractivity contribution in [2.45, 2.75) is 25.3 Å². The molecule has 0 unspecified atom stereocenters. The van der Waals surface area contributed by atoms with Crippen molar-refractivity contribution in [3.63, 3.8) is 0 Å². The van der Waals surface area contributed by atoms with Gasteiger partial charge in [-0.2, -0.15) is 0 Å². The second-order valence-electron chi connectivity index (χ2n) is 3.74. The van der Waals surface area contributed by atoms with Gasteiger partial charge in [0.2, 0.25) is 0 Å². The summed E-state index contributed by atoms with van der Waals surface area (Å²) >= 11 is 0. The highest BCUT2D eigenvalue weighted by Gasteiger charge is 2.20. The maximum absolute atomic E-state index is 13.3. The molecule has 0 saturated heterocycles. The molecule has 0 fully saturated rings. The van der Waals surface area contributed by atoms with Crippen LogP contribution in [0.4, 0.5) is 4.39 Å². The summed E-state index contributed by atoms with van der Waals surface area (Å²) < 4.78 is 13.3. The van der Waals surface area contributed by atoms with Gasteiger partial charge in [-0.05, 0) is 42.0 Å². The topological polar surface area (TPSA) is 46.2 Å². The van der Waals surface area contributed by atoms with E-state index in [9.17, 15) is 4.39 Å². The summed E-state index contributed by atoms with van der Waals surface area (Å²) in [5.41, 5.74) is 8.47. The SMILES string of the molecule is N[C@@H](CO)c1ccc(F)c2c1CCC2. The first-order chi connectivity index (χ1) is 6.74. The molecule has 0 amide bonds. The first kappa shape index (κ1) is 9.62. The number of aliphatic hydroxyl groups excluding tert-OH is 1. The van der Waals surface area contributed by atoms with E-state index in [1.807, 2.05) is 0 Å². The number of nitrogens with two attached hydrogens (primary N) is 1. The number of hydrogen-bond acceptors (Lipinski definition) is 2. The number of fused-ring (bicyclic) bond motifs is 1. The maximum Gasteiger partial charge on any atom is 0.126 e. The Morgan fingerprint density at radius 1 is 1.36 bits per heavy atom. The Balaban J connectivity index is 2.48. The molecule has 0 aromatic heterocycles. The van der Waals surface area contributed by atoms with Gasteiger partial charge in [0, 0.05) is 0 Å². The Bertz CT molecular complexity index is 351. The lowest BCUT2D eigenvalue weighted by Gasteiger charge is -2.14. The Morgan fingerprint density at radius 3 is 2.79 bits per heavy atom. The van der Waals surface area contributed by atoms with E-state index in [-0.39, 0.29) is 18.5 Å². The summed E-state index contributed by atoms with van der Waals surface area (Å²) in [5.74, 6) is -0.133. The number of hydrogen-bond donors (Lipinski definition) is 2. The quantitative estimate of drug-likeness (QED) is 0.747. The molecule has 1 aliphatic rings. The second-order valence-corrected chi connectivity index (χ2v) is 3.74. The van der Waals surface area contributed by atoms with Crippen molar-refractivity contribution in [1.29, 1.82) is 0 Å². The molecule has 0 bridgehead atoms. The molecule has 14 heavy (non-hydrogen) atoms. The summed E-state index contributed by atoms with van der Waals surface area (Å²) in [4.78, 5) is 0. The molecular formula is C11H14FNO. The van der Waals surface area contributed by atoms with Crippen LogP contribution in [-0.4, -0.2) is 11.7 Å². The van der Waals surface area contributed by atoms with E-state index >= 15 is 0 Å². The summed E-state index contributed by atoms with van der Waals surface area (Å²) in [6.07, 6.45) is 2.67. The van der Waals surface area contributed by atoms with E-state index in [1.54, 1.807) is 6.07 Å². The van der Waals surface area contributed by atoms with E-state index in [0.717, 1.165) is 36.0 Å². The van der Waals surface area contributed by atoms with Gasteiger partial charge in [0.15, 0.2) is 0 Å². The van der Waals surface area contributed by atoms with E-state index in [2.05, 4.69) is 0 Å². The lowest BCUT2D eigenvalue weighted by molar-refractivity contribution is 0.267. The van der Waals surface area contributed by atoms with Gasteiger partial charge < -0.3 is 10.8 Å². The standard InChI is InChI=1S/C11H14FNO/c12-10-5-4-9(11(13)6-14)7-2-1-3-8(7)10/h4-5,11,14H,1-3,6,13H2/t11-/m0/s1. The molecule has 1 aliphatic carbocycles. The monoisotopic (exact) mass is 195 g/mol. The average molecular weight is 195 g/mol. The van der Waals surface area contributed by atoms with Gasteiger partial charge in [-0.15, -0.1) is 0 Å². The molecule has 0 aliphatic heterocycles. The molecule has 2 nitrogen and oxygen atoms in total. The maximum atomic E-state index is 13.3. The fourth-order valence-corrected chi connectivity index (χ4v) is 2.14. The predicted octanol–water partition coefficient (Wildman–Crippen LogP) is 1.31. The molecule has 3 N–H and O–H groups in total. The highest BCUT2D eigenvalue weighted by Crippen LogP contribution is 2.30. The van der Waals surface area contributed by atoms with E-state index in [0.29, 0.717) is 0 Å². The molecular weight excluding hydrogens is 181 g/mol. The van der Waals surface area contributed by atoms with Crippen LogP contribution in [-0.2, 0) is 12.8 Å². The summed E-state index contributed by atoms with van der Waals surface area (Å²) in [6.45, 7) is -0.0852. The summed E-state index contributed by atoms with van der Waals surface area (Å²) in [6, 6.07) is 2.78. The molecule has 0 heterocycles. The second kappa shape index (κ2) is 3.67. The lowest BCUT2D eigenvalue weighted by atomic mass is 9.98. The van der Waals surface area contributed by atoms with Crippen molar-refractivity contribution in [1.82, 2.24) is 0 Å². The first-order valence-electron chi connectivity index (χ1n) is 4.90. The normalized spacial score (nSPS) is 16.8. The summed E-state index contributed by atoms with van der Waals surface area (Å²) in [7, 11) is 0. The molecule has 0 spiro atoms. The number of halogens is 1. The van der Waals surface area contributed by atoms with E-state index in [4.69, 9.17) is 10.8 Å². The zero-order valence-corrected chi connectivity index (χ0v) is 7.96. The third-order valence-electron chi connectivity index (χ3n) is 2.86. The Morgan fingerprint density at radius 2 is 2.07 bits per heavy atom. The van der Waals surface area contributed by atoms with Crippen molar-refractivity contribution in [3.8, 4) is 0 Å². The third-order valence-corrected chi connectivity index (χ3v) is 2.86. The van der Waals surface area contributed by atoms with Crippen molar-refractivity contribution < 1.29 is 9.50 Å². The van der Waals surface area contributed by atoms with Gasteiger partial charge in [-0.1, -0.05) is 6.07 Å². The van der Waals surface area contributed by atoms with Crippen molar-refractivity contribution >= 4 is 0 Å². The molecule has 2 rings (SSSR count). The fraction of sp³-hybridized carbons (Fsp3) is 0.455. The number of aliphatic hydroxyl groups is 1. The molecule has 76 valence electrons. The summed E-state index contributed by atoms with van der Waals surface area (Å²) in [5, 5.41) is 8.97. The number of benzene rings is 1. The van der Waals surface area contributed by atoms with Gasteiger partial charge in [0.25, 0.3) is 0 Å². The van der Waals surface area contributed by atoms with Crippen LogP contribution >= 0.6 is 0 Å². The Hall–Kier alpha value is -0.930. The van der Waals surface area contributed by atoms with Crippen molar-refractivity contribution in [2.24, 2.45) is 5.73 Å². The zero-order chi connectivity index (χ0) is 10.1. The fourth-order valence-electron chi connectivity index (χ4n) is 2.14. The highest BCUT2D eigenvalue weighted by atomic mass is 19.1. The van der Waals surface area contributed by atoms with Crippen LogP contribution in [0.2, 0.25) is 0 Å². The Kier molecular flexibility index (Phi) is 2.52. The van der Waals surface area contributed by atoms with Crippen LogP contribution in [0, 0.1) is 5.82 Å². The van der Waals surface area contributed by atoms with Crippen LogP contribution < -0.4 is 5.73 Å². The smallest absolute Gasteiger partial charge is 0.126 e. The molecule has 0 radical (unpaired) electrons. The van der Waals surface area contributed by atoms with Gasteiger partial charge in [0.1, 0.15) is 5.82 Å². The third kappa shape index (κ3) is 1.42. The molecule has 1 atom stereocenters.